The first kappa shape index (κ1) is 15.3. The van der Waals surface area contributed by atoms with Crippen LogP contribution < -0.4 is 11.1 Å². The van der Waals surface area contributed by atoms with Crippen LogP contribution in [0.4, 0.5) is 0 Å². The van der Waals surface area contributed by atoms with Crippen molar-refractivity contribution in [2.75, 3.05) is 0 Å². The lowest BCUT2D eigenvalue weighted by Gasteiger charge is -2.19. The van der Waals surface area contributed by atoms with Crippen LogP contribution in [0.2, 0.25) is 0 Å². The summed E-state index contributed by atoms with van der Waals surface area (Å²) in [7, 11) is 1.88. The van der Waals surface area contributed by atoms with E-state index < -0.39 is 0 Å². The molecule has 0 aliphatic carbocycles. The minimum Gasteiger partial charge on any atom is -0.352 e. The number of nitrogens with one attached hydrogen (secondary N) is 1. The molecule has 112 valence electrons. The third kappa shape index (κ3) is 3.49. The molecule has 1 aromatic heterocycles. The lowest BCUT2D eigenvalue weighted by atomic mass is 9.94. The van der Waals surface area contributed by atoms with Gasteiger partial charge in [0.1, 0.15) is 0 Å². The highest BCUT2D eigenvalue weighted by Crippen LogP contribution is 2.19. The molecule has 21 heavy (non-hydrogen) atoms. The minimum absolute atomic E-state index is 0.0467. The van der Waals surface area contributed by atoms with Crippen molar-refractivity contribution in [3.63, 3.8) is 0 Å². The molecule has 1 amide bonds. The number of aryl methyl sites for hydroxylation is 1. The van der Waals surface area contributed by atoms with Crippen molar-refractivity contribution in [2.45, 2.75) is 26.4 Å². The van der Waals surface area contributed by atoms with Crippen LogP contribution in [-0.2, 0) is 18.4 Å². The molecule has 3 N–H and O–H groups in total. The van der Waals surface area contributed by atoms with Gasteiger partial charge in [-0.2, -0.15) is 5.10 Å². The van der Waals surface area contributed by atoms with E-state index in [1.165, 1.54) is 0 Å². The average Bonchev–Trinajstić information content (AvgIpc) is 2.83. The lowest BCUT2D eigenvalue weighted by molar-refractivity contribution is -0.125. The Kier molecular flexibility index (Phi) is 4.75. The average molecular weight is 286 g/mol. The van der Waals surface area contributed by atoms with E-state index in [4.69, 9.17) is 5.73 Å². The fraction of sp³-hybridized carbons (Fsp3) is 0.375. The Labute approximate surface area is 125 Å². The number of carbonyl (C=O) groups excluding carboxylic acids is 1. The predicted molar refractivity (Wildman–Crippen MR) is 82.3 cm³/mol. The molecule has 0 aliphatic heterocycles. The maximum Gasteiger partial charge on any atom is 0.225 e. The van der Waals surface area contributed by atoms with Crippen molar-refractivity contribution in [3.05, 3.63) is 53.3 Å². The Morgan fingerprint density at radius 3 is 2.62 bits per heavy atom. The molecule has 5 heteroatoms. The van der Waals surface area contributed by atoms with Crippen LogP contribution in [0.3, 0.4) is 0 Å². The monoisotopic (exact) mass is 286 g/mol. The summed E-state index contributed by atoms with van der Waals surface area (Å²) in [5, 5.41) is 7.09. The zero-order valence-corrected chi connectivity index (χ0v) is 12.7. The molecule has 0 spiro atoms. The van der Waals surface area contributed by atoms with E-state index in [-0.39, 0.29) is 17.9 Å². The summed E-state index contributed by atoms with van der Waals surface area (Å²) < 4.78 is 1.79. The first-order valence-corrected chi connectivity index (χ1v) is 7.06. The maximum absolute atomic E-state index is 12.2. The summed E-state index contributed by atoms with van der Waals surface area (Å²) in [5.41, 5.74) is 9.21. The number of amides is 1. The second-order valence-corrected chi connectivity index (χ2v) is 5.32. The molecular weight excluding hydrogens is 264 g/mol. The van der Waals surface area contributed by atoms with Crippen LogP contribution in [0, 0.1) is 12.8 Å². The van der Waals surface area contributed by atoms with Gasteiger partial charge in [0.2, 0.25) is 5.91 Å². The quantitative estimate of drug-likeness (QED) is 0.878. The normalized spacial score (nSPS) is 13.7. The molecule has 2 aromatic rings. The van der Waals surface area contributed by atoms with E-state index in [2.05, 4.69) is 10.4 Å². The molecule has 0 saturated carbocycles. The Bertz CT molecular complexity index is 606. The molecule has 2 atom stereocenters. The van der Waals surface area contributed by atoms with Gasteiger partial charge in [0.15, 0.2) is 0 Å². The first-order chi connectivity index (χ1) is 10.0. The van der Waals surface area contributed by atoms with E-state index >= 15 is 0 Å². The van der Waals surface area contributed by atoms with E-state index in [0.717, 1.165) is 16.8 Å². The number of carbonyl (C=O) groups is 1. The summed E-state index contributed by atoms with van der Waals surface area (Å²) in [6.07, 6.45) is 1.78. The lowest BCUT2D eigenvalue weighted by Crippen LogP contribution is -2.35. The van der Waals surface area contributed by atoms with Crippen LogP contribution in [0.5, 0.6) is 0 Å². The minimum atomic E-state index is -0.304. The van der Waals surface area contributed by atoms with E-state index in [1.54, 1.807) is 10.9 Å². The number of nitrogens with zero attached hydrogens (tertiary/aromatic N) is 2. The Balaban J connectivity index is 1.95. The molecule has 0 fully saturated rings. The van der Waals surface area contributed by atoms with Crippen LogP contribution in [0.15, 0.2) is 36.5 Å². The molecule has 1 heterocycles. The summed E-state index contributed by atoms with van der Waals surface area (Å²) in [6.45, 7) is 4.31. The molecule has 2 rings (SSSR count). The fourth-order valence-electron chi connectivity index (χ4n) is 2.19. The molecule has 0 radical (unpaired) electrons. The van der Waals surface area contributed by atoms with Gasteiger partial charge in [-0.25, -0.2) is 0 Å². The molecule has 0 aliphatic rings. The van der Waals surface area contributed by atoms with Crippen molar-refractivity contribution in [1.82, 2.24) is 15.1 Å². The number of hydrogen-bond acceptors (Lipinski definition) is 3. The van der Waals surface area contributed by atoms with Crippen molar-refractivity contribution in [1.29, 1.82) is 0 Å². The summed E-state index contributed by atoms with van der Waals surface area (Å²) in [5.74, 6) is -0.334. The van der Waals surface area contributed by atoms with E-state index in [1.807, 2.05) is 51.2 Å². The topological polar surface area (TPSA) is 72.9 Å². The van der Waals surface area contributed by atoms with E-state index in [9.17, 15) is 4.79 Å². The Morgan fingerprint density at radius 1 is 1.38 bits per heavy atom. The number of benzene rings is 1. The molecule has 0 bridgehead atoms. The maximum atomic E-state index is 12.2. The van der Waals surface area contributed by atoms with Gasteiger partial charge < -0.3 is 11.1 Å². The smallest absolute Gasteiger partial charge is 0.225 e. The van der Waals surface area contributed by atoms with Gasteiger partial charge in [-0.15, -0.1) is 0 Å². The predicted octanol–water partition coefficient (Wildman–Crippen LogP) is 1.68. The number of aromatic nitrogens is 2. The summed E-state index contributed by atoms with van der Waals surface area (Å²) >= 11 is 0. The molecule has 1 aromatic carbocycles. The molecule has 0 saturated heterocycles. The Hall–Kier alpha value is -2.14. The van der Waals surface area contributed by atoms with Crippen molar-refractivity contribution < 1.29 is 4.79 Å². The van der Waals surface area contributed by atoms with Gasteiger partial charge in [0.05, 0.1) is 12.1 Å². The van der Waals surface area contributed by atoms with E-state index in [0.29, 0.717) is 6.54 Å². The van der Waals surface area contributed by atoms with Crippen LogP contribution >= 0.6 is 0 Å². The SMILES string of the molecule is Cc1c(CNC(=O)C(C)C(N)c2ccccc2)cnn1C. The number of rotatable bonds is 5. The van der Waals surface area contributed by atoms with Crippen LogP contribution in [0.25, 0.3) is 0 Å². The second kappa shape index (κ2) is 6.54. The van der Waals surface area contributed by atoms with Crippen molar-refractivity contribution in [3.8, 4) is 0 Å². The zero-order chi connectivity index (χ0) is 15.4. The van der Waals surface area contributed by atoms with Gasteiger partial charge in [0.25, 0.3) is 0 Å². The van der Waals surface area contributed by atoms with Crippen molar-refractivity contribution in [2.24, 2.45) is 18.7 Å². The molecule has 5 nitrogen and oxygen atoms in total. The third-order valence-corrected chi connectivity index (χ3v) is 3.93. The van der Waals surface area contributed by atoms with Gasteiger partial charge >= 0.3 is 0 Å². The summed E-state index contributed by atoms with van der Waals surface area (Å²) in [4.78, 5) is 12.2. The Morgan fingerprint density at radius 2 is 2.05 bits per heavy atom. The highest BCUT2D eigenvalue weighted by molar-refractivity contribution is 5.79. The first-order valence-electron chi connectivity index (χ1n) is 7.06. The fourth-order valence-corrected chi connectivity index (χ4v) is 2.19. The zero-order valence-electron chi connectivity index (χ0n) is 12.7. The number of nitrogens with two attached hydrogens (primary N) is 1. The van der Waals surface area contributed by atoms with Gasteiger partial charge in [-0.3, -0.25) is 9.48 Å². The number of hydrogen-bond donors (Lipinski definition) is 2. The van der Waals surface area contributed by atoms with Gasteiger partial charge in [-0.1, -0.05) is 37.3 Å². The second-order valence-electron chi connectivity index (χ2n) is 5.32. The molecular formula is C16H22N4O. The van der Waals surface area contributed by atoms with Crippen LogP contribution in [0.1, 0.15) is 29.8 Å². The third-order valence-electron chi connectivity index (χ3n) is 3.93. The highest BCUT2D eigenvalue weighted by Gasteiger charge is 2.22. The van der Waals surface area contributed by atoms with Crippen LogP contribution in [-0.4, -0.2) is 15.7 Å². The van der Waals surface area contributed by atoms with Gasteiger partial charge in [-0.05, 0) is 12.5 Å². The molecule has 2 unspecified atom stereocenters. The standard InChI is InChI=1S/C16H22N4O/c1-11(15(17)13-7-5-4-6-8-13)16(21)18-9-14-10-19-20(3)12(14)2/h4-8,10-11,15H,9,17H2,1-3H3,(H,18,21). The largest absolute Gasteiger partial charge is 0.352 e. The van der Waals surface area contributed by atoms with Crippen molar-refractivity contribution >= 4 is 5.91 Å². The van der Waals surface area contributed by atoms with Gasteiger partial charge in [0, 0.05) is 30.9 Å². The summed E-state index contributed by atoms with van der Waals surface area (Å²) in [6, 6.07) is 9.38. The highest BCUT2D eigenvalue weighted by atomic mass is 16.1.